The largest absolute Gasteiger partial charge is 0.495 e. The predicted molar refractivity (Wildman–Crippen MR) is 66.8 cm³/mol. The maximum atomic E-state index is 11.8. The molecular weight excluding hydrogens is 310 g/mol. The maximum absolute atomic E-state index is 11.8. The fourth-order valence-corrected chi connectivity index (χ4v) is 3.46. The van der Waals surface area contributed by atoms with Crippen molar-refractivity contribution >= 4 is 37.4 Å². The Balaban J connectivity index is 2.54. The van der Waals surface area contributed by atoms with E-state index in [1.165, 1.54) is 7.11 Å². The minimum absolute atomic E-state index is 0.130. The first-order valence-electron chi connectivity index (χ1n) is 4.80. The second kappa shape index (κ2) is 4.30. The average Bonchev–Trinajstić information content (AvgIpc) is 2.51. The molecule has 92 valence electrons. The number of ketones is 1. The van der Waals surface area contributed by atoms with Gasteiger partial charge in [0, 0.05) is 4.47 Å². The molecule has 2 rings (SSSR count). The first-order valence-corrected chi connectivity index (χ1v) is 7.20. The number of sulfonamides is 1. The Hall–Kier alpha value is -1.08. The standard InChI is InChI=1S/C10H10BrNO4S/c1-16-10-3-2-7(11)4-9(10)12-5-8(13)6-17(12,14)15/h2-4H,5-6H2,1H3. The molecule has 0 spiro atoms. The summed E-state index contributed by atoms with van der Waals surface area (Å²) in [5.74, 6) is -0.332. The van der Waals surface area contributed by atoms with Gasteiger partial charge < -0.3 is 4.74 Å². The highest BCUT2D eigenvalue weighted by atomic mass is 79.9. The second-order valence-corrected chi connectivity index (χ2v) is 6.43. The zero-order valence-electron chi connectivity index (χ0n) is 9.01. The summed E-state index contributed by atoms with van der Waals surface area (Å²) in [7, 11) is -2.10. The van der Waals surface area contributed by atoms with Gasteiger partial charge in [0.25, 0.3) is 0 Å². The topological polar surface area (TPSA) is 63.7 Å². The molecule has 0 N–H and O–H groups in total. The van der Waals surface area contributed by atoms with Gasteiger partial charge in [0.1, 0.15) is 11.5 Å². The molecule has 1 fully saturated rings. The Morgan fingerprint density at radius 3 is 2.65 bits per heavy atom. The van der Waals surface area contributed by atoms with Crippen LogP contribution in [0.2, 0.25) is 0 Å². The van der Waals surface area contributed by atoms with Crippen molar-refractivity contribution in [3.8, 4) is 5.75 Å². The summed E-state index contributed by atoms with van der Waals surface area (Å²) < 4.78 is 30.5. The van der Waals surface area contributed by atoms with E-state index in [-0.39, 0.29) is 12.3 Å². The van der Waals surface area contributed by atoms with Gasteiger partial charge in [-0.3, -0.25) is 9.10 Å². The van der Waals surface area contributed by atoms with Crippen LogP contribution in [0.15, 0.2) is 22.7 Å². The molecule has 1 saturated heterocycles. The third kappa shape index (κ3) is 2.30. The highest BCUT2D eigenvalue weighted by Gasteiger charge is 2.36. The molecule has 5 nitrogen and oxygen atoms in total. The molecule has 1 aromatic rings. The van der Waals surface area contributed by atoms with Crippen LogP contribution in [0.3, 0.4) is 0 Å². The molecule has 0 atom stereocenters. The number of carbonyl (C=O) groups excluding carboxylic acids is 1. The van der Waals surface area contributed by atoms with Crippen LogP contribution in [0.1, 0.15) is 0 Å². The number of nitrogens with zero attached hydrogens (tertiary/aromatic N) is 1. The lowest BCUT2D eigenvalue weighted by atomic mass is 10.3. The summed E-state index contributed by atoms with van der Waals surface area (Å²) in [4.78, 5) is 11.3. The fourth-order valence-electron chi connectivity index (χ4n) is 1.68. The monoisotopic (exact) mass is 319 g/mol. The van der Waals surface area contributed by atoms with Crippen molar-refractivity contribution in [2.75, 3.05) is 23.7 Å². The SMILES string of the molecule is COc1ccc(Br)cc1N1CC(=O)CS1(=O)=O. The van der Waals surface area contributed by atoms with Crippen LogP contribution in [0.25, 0.3) is 0 Å². The van der Waals surface area contributed by atoms with E-state index in [4.69, 9.17) is 4.74 Å². The molecule has 0 bridgehead atoms. The van der Waals surface area contributed by atoms with Crippen LogP contribution >= 0.6 is 15.9 Å². The molecule has 0 unspecified atom stereocenters. The number of methoxy groups -OCH3 is 1. The van der Waals surface area contributed by atoms with E-state index in [1.54, 1.807) is 18.2 Å². The molecular formula is C10H10BrNO4S. The Morgan fingerprint density at radius 1 is 1.41 bits per heavy atom. The normalized spacial score (nSPS) is 18.5. The van der Waals surface area contributed by atoms with E-state index >= 15 is 0 Å². The third-order valence-electron chi connectivity index (χ3n) is 2.41. The molecule has 0 aliphatic carbocycles. The second-order valence-electron chi connectivity index (χ2n) is 3.62. The predicted octanol–water partition coefficient (Wildman–Crippen LogP) is 1.18. The number of carbonyl (C=O) groups is 1. The van der Waals surface area contributed by atoms with Crippen molar-refractivity contribution in [1.82, 2.24) is 0 Å². The van der Waals surface area contributed by atoms with Gasteiger partial charge in [-0.25, -0.2) is 8.42 Å². The van der Waals surface area contributed by atoms with Gasteiger partial charge in [-0.2, -0.15) is 0 Å². The van der Waals surface area contributed by atoms with Crippen molar-refractivity contribution in [3.63, 3.8) is 0 Å². The van der Waals surface area contributed by atoms with E-state index in [2.05, 4.69) is 15.9 Å². The van der Waals surface area contributed by atoms with Crippen molar-refractivity contribution < 1.29 is 17.9 Å². The number of hydrogen-bond donors (Lipinski definition) is 0. The van der Waals surface area contributed by atoms with Crippen molar-refractivity contribution in [2.24, 2.45) is 0 Å². The maximum Gasteiger partial charge on any atom is 0.242 e. The Morgan fingerprint density at radius 2 is 2.12 bits per heavy atom. The highest BCUT2D eigenvalue weighted by Crippen LogP contribution is 2.34. The Kier molecular flexibility index (Phi) is 3.13. The molecule has 17 heavy (non-hydrogen) atoms. The van der Waals surface area contributed by atoms with Crippen molar-refractivity contribution in [3.05, 3.63) is 22.7 Å². The summed E-state index contributed by atoms with van der Waals surface area (Å²) >= 11 is 3.26. The van der Waals surface area contributed by atoms with E-state index in [0.717, 1.165) is 8.78 Å². The lowest BCUT2D eigenvalue weighted by Crippen LogP contribution is -2.25. The van der Waals surface area contributed by atoms with Gasteiger partial charge in [0.2, 0.25) is 10.0 Å². The lowest BCUT2D eigenvalue weighted by Gasteiger charge is -2.19. The van der Waals surface area contributed by atoms with Gasteiger partial charge in [0.15, 0.2) is 5.78 Å². The van der Waals surface area contributed by atoms with Crippen LogP contribution in [0, 0.1) is 0 Å². The molecule has 1 heterocycles. The summed E-state index contributed by atoms with van der Waals surface area (Å²) in [5.41, 5.74) is 0.382. The highest BCUT2D eigenvalue weighted by molar-refractivity contribution is 9.10. The Bertz CT molecular complexity index is 570. The number of halogens is 1. The van der Waals surface area contributed by atoms with Crippen LogP contribution in [0.5, 0.6) is 5.75 Å². The summed E-state index contributed by atoms with van der Waals surface area (Å²) in [6, 6.07) is 5.01. The van der Waals surface area contributed by atoms with Crippen LogP contribution < -0.4 is 9.04 Å². The zero-order chi connectivity index (χ0) is 12.6. The summed E-state index contributed by atoms with van der Waals surface area (Å²) in [5, 5.41) is 0. The van der Waals surface area contributed by atoms with E-state index in [1.807, 2.05) is 0 Å². The van der Waals surface area contributed by atoms with Crippen molar-refractivity contribution in [1.29, 1.82) is 0 Å². The minimum atomic E-state index is -3.56. The molecule has 0 saturated carbocycles. The smallest absolute Gasteiger partial charge is 0.242 e. The first-order chi connectivity index (χ1) is 7.94. The van der Waals surface area contributed by atoms with Crippen molar-refractivity contribution in [2.45, 2.75) is 0 Å². The number of Topliss-reactive ketones (excluding diaryl/α,β-unsaturated/α-hetero) is 1. The van der Waals surface area contributed by atoms with Crippen LogP contribution in [-0.2, 0) is 14.8 Å². The van der Waals surface area contributed by atoms with Gasteiger partial charge in [-0.1, -0.05) is 15.9 Å². The van der Waals surface area contributed by atoms with Crippen LogP contribution in [-0.4, -0.2) is 33.6 Å². The molecule has 0 aromatic heterocycles. The van der Waals surface area contributed by atoms with E-state index < -0.39 is 15.8 Å². The van der Waals surface area contributed by atoms with Gasteiger partial charge >= 0.3 is 0 Å². The molecule has 1 aromatic carbocycles. The van der Waals surface area contributed by atoms with Gasteiger partial charge in [0.05, 0.1) is 19.3 Å². The molecule has 1 aliphatic heterocycles. The van der Waals surface area contributed by atoms with E-state index in [0.29, 0.717) is 11.4 Å². The van der Waals surface area contributed by atoms with E-state index in [9.17, 15) is 13.2 Å². The minimum Gasteiger partial charge on any atom is -0.495 e. The molecule has 7 heteroatoms. The number of benzene rings is 1. The molecule has 0 amide bonds. The molecule has 0 radical (unpaired) electrons. The van der Waals surface area contributed by atoms with Crippen LogP contribution in [0.4, 0.5) is 5.69 Å². The number of anilines is 1. The number of hydrogen-bond acceptors (Lipinski definition) is 4. The fraction of sp³-hybridized carbons (Fsp3) is 0.300. The Labute approximate surface area is 108 Å². The quantitative estimate of drug-likeness (QED) is 0.821. The summed E-state index contributed by atoms with van der Waals surface area (Å²) in [6.45, 7) is -0.130. The summed E-state index contributed by atoms with van der Waals surface area (Å²) in [6.07, 6.45) is 0. The molecule has 1 aliphatic rings. The zero-order valence-corrected chi connectivity index (χ0v) is 11.4. The number of ether oxygens (including phenoxy) is 1. The number of rotatable bonds is 2. The average molecular weight is 320 g/mol. The van der Waals surface area contributed by atoms with Gasteiger partial charge in [-0.15, -0.1) is 0 Å². The lowest BCUT2D eigenvalue weighted by molar-refractivity contribution is -0.114. The first kappa shape index (κ1) is 12.4. The van der Waals surface area contributed by atoms with Gasteiger partial charge in [-0.05, 0) is 18.2 Å². The third-order valence-corrected chi connectivity index (χ3v) is 4.59.